The Labute approximate surface area is 124 Å². The molecule has 0 spiro atoms. The molecule has 0 bridgehead atoms. The summed E-state index contributed by atoms with van der Waals surface area (Å²) in [5.41, 5.74) is 1.32. The highest BCUT2D eigenvalue weighted by Gasteiger charge is 2.31. The van der Waals surface area contributed by atoms with E-state index in [0.29, 0.717) is 10.4 Å². The van der Waals surface area contributed by atoms with Gasteiger partial charge in [-0.2, -0.15) is 0 Å². The first kappa shape index (κ1) is 13.4. The SMILES string of the molecule is CC(=O)N=C1C(=O)NC(=O)c2cc(-c3ccccc3)sc21. The fraction of sp³-hybridized carbons (Fsp3) is 0.0667. The van der Waals surface area contributed by atoms with Crippen molar-refractivity contribution < 1.29 is 14.4 Å². The van der Waals surface area contributed by atoms with Crippen LogP contribution in [-0.4, -0.2) is 23.4 Å². The lowest BCUT2D eigenvalue weighted by molar-refractivity contribution is -0.117. The van der Waals surface area contributed by atoms with Crippen molar-refractivity contribution in [2.24, 2.45) is 4.99 Å². The number of hydrogen-bond acceptors (Lipinski definition) is 4. The molecule has 0 unspecified atom stereocenters. The van der Waals surface area contributed by atoms with Crippen molar-refractivity contribution in [2.45, 2.75) is 6.92 Å². The van der Waals surface area contributed by atoms with Gasteiger partial charge in [-0.25, -0.2) is 4.99 Å². The number of benzene rings is 1. The summed E-state index contributed by atoms with van der Waals surface area (Å²) in [5, 5.41) is 2.20. The molecule has 3 amide bonds. The number of carbonyl (C=O) groups is 3. The number of amides is 3. The molecular weight excluding hydrogens is 288 g/mol. The fourth-order valence-electron chi connectivity index (χ4n) is 2.07. The summed E-state index contributed by atoms with van der Waals surface area (Å²) in [5.74, 6) is -1.57. The minimum atomic E-state index is -0.635. The lowest BCUT2D eigenvalue weighted by Gasteiger charge is -2.12. The number of imide groups is 1. The van der Waals surface area contributed by atoms with E-state index in [1.54, 1.807) is 6.07 Å². The van der Waals surface area contributed by atoms with E-state index < -0.39 is 17.7 Å². The standard InChI is InChI=1S/C15H10N2O3S/c1-8(18)16-12-13-10(14(19)17-15(12)20)7-11(21-13)9-5-3-2-4-6-9/h2-7H,1H3,(H,17,19,20). The van der Waals surface area contributed by atoms with Gasteiger partial charge in [0.25, 0.3) is 11.8 Å². The van der Waals surface area contributed by atoms with E-state index in [2.05, 4.69) is 10.3 Å². The van der Waals surface area contributed by atoms with Crippen LogP contribution in [0.4, 0.5) is 0 Å². The van der Waals surface area contributed by atoms with Crippen LogP contribution in [0.2, 0.25) is 0 Å². The topological polar surface area (TPSA) is 75.6 Å². The number of nitrogens with zero attached hydrogens (tertiary/aromatic N) is 1. The Bertz CT molecular complexity index is 791. The summed E-state index contributed by atoms with van der Waals surface area (Å²) >= 11 is 1.28. The Balaban J connectivity index is 2.17. The Morgan fingerprint density at radius 1 is 1.14 bits per heavy atom. The molecular formula is C15H10N2O3S. The average molecular weight is 298 g/mol. The molecule has 1 aromatic heterocycles. The molecule has 0 radical (unpaired) electrons. The van der Waals surface area contributed by atoms with Gasteiger partial charge in [-0.1, -0.05) is 30.3 Å². The molecule has 104 valence electrons. The zero-order valence-electron chi connectivity index (χ0n) is 11.0. The van der Waals surface area contributed by atoms with Gasteiger partial charge in [-0.3, -0.25) is 19.7 Å². The normalized spacial score (nSPS) is 15.8. The smallest absolute Gasteiger partial charge is 0.278 e. The highest BCUT2D eigenvalue weighted by Crippen LogP contribution is 2.33. The van der Waals surface area contributed by atoms with Crippen LogP contribution in [-0.2, 0) is 9.59 Å². The summed E-state index contributed by atoms with van der Waals surface area (Å²) < 4.78 is 0. The van der Waals surface area contributed by atoms with Crippen LogP contribution in [0.3, 0.4) is 0 Å². The maximum atomic E-state index is 11.9. The van der Waals surface area contributed by atoms with Crippen LogP contribution in [0.15, 0.2) is 41.4 Å². The second-order valence-corrected chi connectivity index (χ2v) is 5.53. The van der Waals surface area contributed by atoms with Crippen molar-refractivity contribution in [3.63, 3.8) is 0 Å². The molecule has 1 aliphatic heterocycles. The van der Waals surface area contributed by atoms with Crippen molar-refractivity contribution in [3.8, 4) is 10.4 Å². The quantitative estimate of drug-likeness (QED) is 0.818. The molecule has 1 aromatic carbocycles. The Hall–Kier alpha value is -2.60. The third-order valence-corrected chi connectivity index (χ3v) is 4.15. The molecule has 0 atom stereocenters. The molecule has 6 heteroatoms. The predicted octanol–water partition coefficient (Wildman–Crippen LogP) is 2.02. The molecule has 3 rings (SSSR count). The van der Waals surface area contributed by atoms with Gasteiger partial charge in [0, 0.05) is 11.8 Å². The second kappa shape index (κ2) is 5.06. The van der Waals surface area contributed by atoms with E-state index in [-0.39, 0.29) is 5.71 Å². The van der Waals surface area contributed by atoms with E-state index >= 15 is 0 Å². The third kappa shape index (κ3) is 2.41. The van der Waals surface area contributed by atoms with Crippen molar-refractivity contribution in [1.82, 2.24) is 5.32 Å². The van der Waals surface area contributed by atoms with E-state index in [9.17, 15) is 14.4 Å². The van der Waals surface area contributed by atoms with Gasteiger partial charge in [-0.15, -0.1) is 11.3 Å². The minimum Gasteiger partial charge on any atom is -0.287 e. The predicted molar refractivity (Wildman–Crippen MR) is 79.4 cm³/mol. The number of rotatable bonds is 1. The molecule has 2 aromatic rings. The molecule has 5 nitrogen and oxygen atoms in total. The summed E-state index contributed by atoms with van der Waals surface area (Å²) in [7, 11) is 0. The number of thiophene rings is 1. The zero-order valence-corrected chi connectivity index (χ0v) is 11.9. The average Bonchev–Trinajstić information content (AvgIpc) is 2.90. The Kier molecular flexibility index (Phi) is 3.23. The highest BCUT2D eigenvalue weighted by atomic mass is 32.1. The van der Waals surface area contributed by atoms with Crippen LogP contribution in [0, 0.1) is 0 Å². The first-order valence-electron chi connectivity index (χ1n) is 6.21. The van der Waals surface area contributed by atoms with Crippen LogP contribution in [0.25, 0.3) is 10.4 Å². The molecule has 0 fully saturated rings. The highest BCUT2D eigenvalue weighted by molar-refractivity contribution is 7.19. The molecule has 2 heterocycles. The minimum absolute atomic E-state index is 0.00396. The van der Waals surface area contributed by atoms with Gasteiger partial charge in [0.1, 0.15) is 5.71 Å². The Morgan fingerprint density at radius 2 is 1.86 bits per heavy atom. The van der Waals surface area contributed by atoms with E-state index in [4.69, 9.17) is 0 Å². The van der Waals surface area contributed by atoms with Gasteiger partial charge in [0.15, 0.2) is 0 Å². The van der Waals surface area contributed by atoms with Gasteiger partial charge in [0.2, 0.25) is 5.91 Å². The molecule has 0 aliphatic carbocycles. The monoisotopic (exact) mass is 298 g/mol. The van der Waals surface area contributed by atoms with E-state index in [0.717, 1.165) is 10.4 Å². The second-order valence-electron chi connectivity index (χ2n) is 4.48. The largest absolute Gasteiger partial charge is 0.287 e. The summed E-state index contributed by atoms with van der Waals surface area (Å²) in [4.78, 5) is 39.9. The molecule has 1 aliphatic rings. The van der Waals surface area contributed by atoms with Gasteiger partial charge in [0.05, 0.1) is 10.4 Å². The van der Waals surface area contributed by atoms with Crippen LogP contribution < -0.4 is 5.32 Å². The Morgan fingerprint density at radius 3 is 2.52 bits per heavy atom. The van der Waals surface area contributed by atoms with Crippen LogP contribution >= 0.6 is 11.3 Å². The van der Waals surface area contributed by atoms with Crippen LogP contribution in [0.1, 0.15) is 22.2 Å². The maximum Gasteiger partial charge on any atom is 0.278 e. The summed E-state index contributed by atoms with van der Waals surface area (Å²) in [6, 6.07) is 11.2. The third-order valence-electron chi connectivity index (χ3n) is 2.96. The van der Waals surface area contributed by atoms with Gasteiger partial charge < -0.3 is 0 Å². The zero-order chi connectivity index (χ0) is 15.0. The van der Waals surface area contributed by atoms with Crippen molar-refractivity contribution in [1.29, 1.82) is 0 Å². The number of carbonyl (C=O) groups excluding carboxylic acids is 3. The first-order valence-corrected chi connectivity index (χ1v) is 7.02. The van der Waals surface area contributed by atoms with Crippen molar-refractivity contribution in [2.75, 3.05) is 0 Å². The van der Waals surface area contributed by atoms with Crippen LogP contribution in [0.5, 0.6) is 0 Å². The van der Waals surface area contributed by atoms with Gasteiger partial charge >= 0.3 is 0 Å². The number of hydrogen-bond donors (Lipinski definition) is 1. The number of aliphatic imine (C=N–C) groups is 1. The fourth-order valence-corrected chi connectivity index (χ4v) is 3.22. The molecule has 0 saturated carbocycles. The lowest BCUT2D eigenvalue weighted by atomic mass is 10.1. The van der Waals surface area contributed by atoms with E-state index in [1.165, 1.54) is 18.3 Å². The summed E-state index contributed by atoms with van der Waals surface area (Å²) in [6.07, 6.45) is 0. The van der Waals surface area contributed by atoms with E-state index in [1.807, 2.05) is 30.3 Å². The lowest BCUT2D eigenvalue weighted by Crippen LogP contribution is -2.41. The van der Waals surface area contributed by atoms with Crippen molar-refractivity contribution in [3.05, 3.63) is 46.8 Å². The van der Waals surface area contributed by atoms with Crippen molar-refractivity contribution >= 4 is 34.8 Å². The molecule has 0 saturated heterocycles. The maximum absolute atomic E-state index is 11.9. The van der Waals surface area contributed by atoms with Gasteiger partial charge in [-0.05, 0) is 11.6 Å². The molecule has 1 N–H and O–H groups in total. The first-order chi connectivity index (χ1) is 10.1. The summed E-state index contributed by atoms with van der Waals surface area (Å²) in [6.45, 7) is 1.27. The number of fused-ring (bicyclic) bond motifs is 1. The molecule has 21 heavy (non-hydrogen) atoms. The number of nitrogens with one attached hydrogen (secondary N) is 1.